The second kappa shape index (κ2) is 48.1. The first-order valence-electron chi connectivity index (χ1n) is 0.730. The molecule has 0 aromatic rings. The molecule has 0 aromatic heterocycles. The monoisotopic (exact) mass is 199 g/mol. The molecule has 0 N–H and O–H groups in total. The number of rotatable bonds is 0. The van der Waals surface area contributed by atoms with Crippen LogP contribution in [0.3, 0.4) is 0 Å². The summed E-state index contributed by atoms with van der Waals surface area (Å²) in [6.07, 6.45) is 0. The number of hydrogen-bond donors (Lipinski definition) is 0. The minimum absolute atomic E-state index is 0. The molecule has 0 atom stereocenters. The van der Waals surface area contributed by atoms with Crippen molar-refractivity contribution in [2.45, 2.75) is 0 Å². The molecule has 0 aliphatic rings. The summed E-state index contributed by atoms with van der Waals surface area (Å²) < 4.78 is 0. The molecule has 0 saturated carbocycles. The second-order valence-corrected chi connectivity index (χ2v) is 0.149. The van der Waals surface area contributed by atoms with E-state index in [1.54, 1.807) is 0 Å². The van der Waals surface area contributed by atoms with Crippen LogP contribution in [0.4, 0.5) is 0 Å². The summed E-state index contributed by atoms with van der Waals surface area (Å²) in [6, 6.07) is 0. The summed E-state index contributed by atoms with van der Waals surface area (Å²) in [7, 11) is 0. The van der Waals surface area contributed by atoms with Gasteiger partial charge in [-0.25, -0.2) is 0 Å². The van der Waals surface area contributed by atoms with Crippen LogP contribution in [0.2, 0.25) is 0 Å². The Morgan fingerprint density at radius 2 is 1.00 bits per heavy atom. The standard InChI is InChI=1S/Ag.2HNO2/c;2*2-1-3/h;2*(H,2,3)/p-2. The van der Waals surface area contributed by atoms with Gasteiger partial charge in [0.2, 0.25) is 0 Å². The van der Waals surface area contributed by atoms with Gasteiger partial charge < -0.3 is 20.2 Å². The van der Waals surface area contributed by atoms with Crippen LogP contribution in [-0.2, 0) is 22.4 Å². The van der Waals surface area contributed by atoms with Gasteiger partial charge in [0.25, 0.3) is 0 Å². The smallest absolute Gasteiger partial charge is 0 e. The number of hydrogen-bond acceptors (Lipinski definition) is 6. The summed E-state index contributed by atoms with van der Waals surface area (Å²) in [5.74, 6) is 0. The maximum Gasteiger partial charge on any atom is 0 e. The second-order valence-electron chi connectivity index (χ2n) is 0.149. The minimum Gasteiger partial charge on any atom is -0.444 e. The first-order valence-corrected chi connectivity index (χ1v) is 0.730. The Bertz CT molecular complexity index is 30.7. The van der Waals surface area contributed by atoms with Gasteiger partial charge in [-0.2, -0.15) is 0 Å². The molecule has 0 aliphatic carbocycles. The van der Waals surface area contributed by atoms with E-state index in [1.165, 1.54) is 0 Å². The largest absolute Gasteiger partial charge is 0.444 e. The van der Waals surface area contributed by atoms with Gasteiger partial charge in [0, 0.05) is 22.4 Å². The zero-order valence-corrected chi connectivity index (χ0v) is 4.31. The summed E-state index contributed by atoms with van der Waals surface area (Å²) in [4.78, 5) is 16.0. The average molecular weight is 200 g/mol. The fourth-order valence-electron chi connectivity index (χ4n) is 0. The van der Waals surface area contributed by atoms with E-state index in [-0.39, 0.29) is 22.4 Å². The van der Waals surface area contributed by atoms with Crippen LogP contribution in [-0.4, -0.2) is 0 Å². The van der Waals surface area contributed by atoms with Gasteiger partial charge in [-0.3, -0.25) is 0 Å². The van der Waals surface area contributed by atoms with Gasteiger partial charge in [-0.05, 0) is 0 Å². The molecule has 7 heavy (non-hydrogen) atoms. The van der Waals surface area contributed by atoms with E-state index in [4.69, 9.17) is 20.2 Å². The van der Waals surface area contributed by atoms with Crippen molar-refractivity contribution in [2.24, 2.45) is 10.7 Å². The third-order valence-electron chi connectivity index (χ3n) is 0. The molecule has 0 aliphatic heterocycles. The van der Waals surface area contributed by atoms with Crippen LogP contribution in [0.5, 0.6) is 0 Å². The van der Waals surface area contributed by atoms with E-state index in [0.717, 1.165) is 10.7 Å². The molecule has 0 heterocycles. The van der Waals surface area contributed by atoms with Gasteiger partial charge in [0.1, 0.15) is 0 Å². The molecule has 6 nitrogen and oxygen atoms in total. The van der Waals surface area contributed by atoms with E-state index in [9.17, 15) is 0 Å². The molecule has 0 spiro atoms. The molecule has 47 valence electrons. The molecule has 7 heteroatoms. The van der Waals surface area contributed by atoms with E-state index in [1.807, 2.05) is 0 Å². The van der Waals surface area contributed by atoms with E-state index in [2.05, 4.69) is 0 Å². The van der Waals surface area contributed by atoms with Crippen molar-refractivity contribution in [3.8, 4) is 0 Å². The summed E-state index contributed by atoms with van der Waals surface area (Å²) in [5, 5.41) is 18.0. The summed E-state index contributed by atoms with van der Waals surface area (Å²) >= 11 is 0. The van der Waals surface area contributed by atoms with Crippen molar-refractivity contribution in [2.75, 3.05) is 0 Å². The van der Waals surface area contributed by atoms with Crippen LogP contribution in [0.15, 0.2) is 10.7 Å². The summed E-state index contributed by atoms with van der Waals surface area (Å²) in [6.45, 7) is 0. The van der Waals surface area contributed by atoms with Gasteiger partial charge in [-0.1, -0.05) is 0 Å². The Kier molecular flexibility index (Phi) is 110. The maximum absolute atomic E-state index is 8.00. The Morgan fingerprint density at radius 1 is 1.00 bits per heavy atom. The molecule has 1 radical (unpaired) electrons. The van der Waals surface area contributed by atoms with Crippen molar-refractivity contribution in [3.63, 3.8) is 0 Å². The minimum atomic E-state index is 0. The van der Waals surface area contributed by atoms with E-state index < -0.39 is 0 Å². The number of nitrogens with zero attached hydrogens (tertiary/aromatic N) is 2. The normalized spacial score (nSPS) is 3.43. The Morgan fingerprint density at radius 3 is 1.00 bits per heavy atom. The SMILES string of the molecule is O=N[O-].O=N[O-].[Ag]. The van der Waals surface area contributed by atoms with E-state index in [0.29, 0.717) is 0 Å². The van der Waals surface area contributed by atoms with Gasteiger partial charge in [0.05, 0.1) is 0 Å². The molecule has 0 bridgehead atoms. The van der Waals surface area contributed by atoms with Crippen LogP contribution < -0.4 is 0 Å². The van der Waals surface area contributed by atoms with Crippen LogP contribution >= 0.6 is 0 Å². The Labute approximate surface area is 53.9 Å². The fraction of sp³-hybridized carbons (Fsp3) is 0. The first-order chi connectivity index (χ1) is 2.83. The van der Waals surface area contributed by atoms with Crippen molar-refractivity contribution < 1.29 is 22.4 Å². The molecule has 0 unspecified atom stereocenters. The van der Waals surface area contributed by atoms with Gasteiger partial charge in [0.15, 0.2) is 0 Å². The first kappa shape index (κ1) is 16.0. The van der Waals surface area contributed by atoms with Crippen molar-refractivity contribution >= 4 is 0 Å². The third kappa shape index (κ3) is 329. The van der Waals surface area contributed by atoms with Gasteiger partial charge >= 0.3 is 0 Å². The predicted molar refractivity (Wildman–Crippen MR) is 18.3 cm³/mol. The van der Waals surface area contributed by atoms with Crippen LogP contribution in [0.1, 0.15) is 0 Å². The Balaban J connectivity index is -0.0000000400. The zero-order chi connectivity index (χ0) is 5.41. The maximum atomic E-state index is 8.00. The fourth-order valence-corrected chi connectivity index (χ4v) is 0. The average Bonchev–Trinajstić information content (AvgIpc) is 1.39. The molecule has 0 fully saturated rings. The van der Waals surface area contributed by atoms with E-state index >= 15 is 0 Å². The Hall–Kier alpha value is -0.460. The summed E-state index contributed by atoms with van der Waals surface area (Å²) in [5.41, 5.74) is 0. The van der Waals surface area contributed by atoms with Crippen LogP contribution in [0.25, 0.3) is 0 Å². The van der Waals surface area contributed by atoms with Crippen LogP contribution in [0, 0.1) is 20.2 Å². The molecule has 0 rings (SSSR count). The molecule has 0 saturated heterocycles. The van der Waals surface area contributed by atoms with Crippen molar-refractivity contribution in [1.82, 2.24) is 0 Å². The van der Waals surface area contributed by atoms with Gasteiger partial charge in [-0.15, -0.1) is 10.7 Å². The van der Waals surface area contributed by atoms with Crippen molar-refractivity contribution in [1.29, 1.82) is 0 Å². The molecular formula is AgN2O4-2. The topological polar surface area (TPSA) is 105 Å². The zero-order valence-electron chi connectivity index (χ0n) is 2.83. The molecular weight excluding hydrogens is 200 g/mol. The predicted octanol–water partition coefficient (Wildman–Crippen LogP) is 0.499. The molecule has 0 amide bonds. The molecule has 0 aromatic carbocycles. The van der Waals surface area contributed by atoms with Crippen molar-refractivity contribution in [3.05, 3.63) is 20.2 Å². The third-order valence-corrected chi connectivity index (χ3v) is 0. The quantitative estimate of drug-likeness (QED) is 0.322.